The molecule has 1 aromatic heterocycles. The third kappa shape index (κ3) is 4.22. The normalized spacial score (nSPS) is 11.1. The first kappa shape index (κ1) is 20.1. The number of benzene rings is 3. The Morgan fingerprint density at radius 1 is 1.00 bits per heavy atom. The summed E-state index contributed by atoms with van der Waals surface area (Å²) < 4.78 is 16.3. The van der Waals surface area contributed by atoms with Gasteiger partial charge in [-0.3, -0.25) is 0 Å². The maximum absolute atomic E-state index is 14.3. The zero-order valence-electron chi connectivity index (χ0n) is 16.1. The number of hydrogen-bond acceptors (Lipinski definition) is 2. The maximum Gasteiger partial charge on any atom is 0.335 e. The topological polar surface area (TPSA) is 54.3 Å². The van der Waals surface area contributed by atoms with E-state index < -0.39 is 5.97 Å². The molecule has 0 radical (unpaired) electrons. The minimum absolute atomic E-state index is 0.272. The van der Waals surface area contributed by atoms with Crippen molar-refractivity contribution in [2.24, 2.45) is 0 Å². The van der Waals surface area contributed by atoms with Gasteiger partial charge in [0.05, 0.1) is 12.1 Å². The SMILES string of the molecule is O=C(O)c1ccc(CNCc2cn(Cc3c(F)cccc3Cl)c3ccccc23)cc1. The molecule has 152 valence electrons. The second-order valence-corrected chi connectivity index (χ2v) is 7.51. The predicted octanol–water partition coefficient (Wildman–Crippen LogP) is 5.47. The van der Waals surface area contributed by atoms with Gasteiger partial charge >= 0.3 is 5.97 Å². The molecule has 30 heavy (non-hydrogen) atoms. The van der Waals surface area contributed by atoms with Crippen LogP contribution in [-0.2, 0) is 19.6 Å². The Labute approximate surface area is 178 Å². The standard InChI is InChI=1S/C24H20ClFN2O2/c25-21-5-3-6-22(26)20(21)15-28-14-18(19-4-1-2-7-23(19)28)13-27-12-16-8-10-17(11-9-16)24(29)30/h1-11,14,27H,12-13,15H2,(H,29,30). The number of carbonyl (C=O) groups is 1. The van der Waals surface area contributed by atoms with Gasteiger partial charge in [0.1, 0.15) is 5.82 Å². The molecule has 4 nitrogen and oxygen atoms in total. The second-order valence-electron chi connectivity index (χ2n) is 7.11. The summed E-state index contributed by atoms with van der Waals surface area (Å²) in [5.74, 6) is -1.25. The number of aromatic carboxylic acids is 1. The number of para-hydroxylation sites is 1. The molecule has 2 N–H and O–H groups in total. The third-order valence-corrected chi connectivity index (χ3v) is 5.46. The van der Waals surface area contributed by atoms with E-state index in [2.05, 4.69) is 5.32 Å². The van der Waals surface area contributed by atoms with Crippen molar-refractivity contribution in [1.82, 2.24) is 9.88 Å². The van der Waals surface area contributed by atoms with Gasteiger partial charge in [-0.1, -0.05) is 48.0 Å². The number of halogens is 2. The molecule has 1 heterocycles. The number of nitrogens with zero attached hydrogens (tertiary/aromatic N) is 1. The van der Waals surface area contributed by atoms with Crippen LogP contribution in [0.1, 0.15) is 27.0 Å². The highest BCUT2D eigenvalue weighted by Gasteiger charge is 2.12. The van der Waals surface area contributed by atoms with E-state index in [9.17, 15) is 9.18 Å². The highest BCUT2D eigenvalue weighted by molar-refractivity contribution is 6.31. The van der Waals surface area contributed by atoms with Gasteiger partial charge in [-0.15, -0.1) is 0 Å². The number of rotatable bonds is 7. The lowest BCUT2D eigenvalue weighted by Gasteiger charge is -2.08. The number of carboxylic acids is 1. The molecule has 3 aromatic carbocycles. The molecule has 4 rings (SSSR count). The summed E-state index contributed by atoms with van der Waals surface area (Å²) in [6, 6.07) is 19.5. The number of carboxylic acid groups (broad SMARTS) is 1. The highest BCUT2D eigenvalue weighted by Crippen LogP contribution is 2.26. The van der Waals surface area contributed by atoms with Crippen LogP contribution in [0.5, 0.6) is 0 Å². The summed E-state index contributed by atoms with van der Waals surface area (Å²) >= 11 is 6.22. The average Bonchev–Trinajstić information content (AvgIpc) is 3.09. The van der Waals surface area contributed by atoms with Crippen LogP contribution < -0.4 is 5.32 Å². The van der Waals surface area contributed by atoms with Gasteiger partial charge in [0.25, 0.3) is 0 Å². The summed E-state index contributed by atoms with van der Waals surface area (Å²) in [6.07, 6.45) is 2.02. The van der Waals surface area contributed by atoms with Gasteiger partial charge in [0.2, 0.25) is 0 Å². The molecule has 0 bridgehead atoms. The van der Waals surface area contributed by atoms with E-state index in [1.165, 1.54) is 6.07 Å². The van der Waals surface area contributed by atoms with Crippen molar-refractivity contribution < 1.29 is 14.3 Å². The first-order chi connectivity index (χ1) is 14.5. The average molecular weight is 423 g/mol. The van der Waals surface area contributed by atoms with Gasteiger partial charge in [-0.05, 0) is 41.5 Å². The minimum Gasteiger partial charge on any atom is -0.478 e. The fraction of sp³-hybridized carbons (Fsp3) is 0.125. The number of fused-ring (bicyclic) bond motifs is 1. The van der Waals surface area contributed by atoms with Crippen molar-refractivity contribution in [3.05, 3.63) is 106 Å². The molecule has 0 aliphatic carbocycles. The van der Waals surface area contributed by atoms with Crippen LogP contribution in [0.25, 0.3) is 10.9 Å². The smallest absolute Gasteiger partial charge is 0.335 e. The molecule has 0 fully saturated rings. The number of nitrogens with one attached hydrogen (secondary N) is 1. The van der Waals surface area contributed by atoms with E-state index in [0.29, 0.717) is 30.2 Å². The van der Waals surface area contributed by atoms with Gasteiger partial charge in [-0.2, -0.15) is 0 Å². The lowest BCUT2D eigenvalue weighted by Crippen LogP contribution is -2.12. The van der Waals surface area contributed by atoms with Crippen LogP contribution in [0.15, 0.2) is 72.9 Å². The molecule has 0 unspecified atom stereocenters. The van der Waals surface area contributed by atoms with Crippen molar-refractivity contribution in [2.45, 2.75) is 19.6 Å². The molecule has 0 aliphatic rings. The second kappa shape index (κ2) is 8.69. The number of aromatic nitrogens is 1. The summed E-state index contributed by atoms with van der Waals surface area (Å²) in [5, 5.41) is 13.9. The Balaban J connectivity index is 1.53. The van der Waals surface area contributed by atoms with Crippen LogP contribution in [0, 0.1) is 5.82 Å². The monoisotopic (exact) mass is 422 g/mol. The Hall–Kier alpha value is -3.15. The molecule has 6 heteroatoms. The van der Waals surface area contributed by atoms with Crippen molar-refractivity contribution in [3.8, 4) is 0 Å². The lowest BCUT2D eigenvalue weighted by atomic mass is 10.1. The molecule has 0 amide bonds. The van der Waals surface area contributed by atoms with E-state index in [1.54, 1.807) is 36.4 Å². The van der Waals surface area contributed by atoms with Gasteiger partial charge in [0.15, 0.2) is 0 Å². The summed E-state index contributed by atoms with van der Waals surface area (Å²) in [5.41, 5.74) is 3.85. The van der Waals surface area contributed by atoms with Crippen molar-refractivity contribution in [2.75, 3.05) is 0 Å². The molecular formula is C24H20ClFN2O2. The minimum atomic E-state index is -0.933. The van der Waals surface area contributed by atoms with Crippen LogP contribution in [0.4, 0.5) is 4.39 Å². The van der Waals surface area contributed by atoms with Crippen molar-refractivity contribution in [1.29, 1.82) is 0 Å². The molecule has 0 aliphatic heterocycles. The molecule has 0 saturated carbocycles. The zero-order valence-corrected chi connectivity index (χ0v) is 16.9. The largest absolute Gasteiger partial charge is 0.478 e. The van der Waals surface area contributed by atoms with E-state index in [4.69, 9.17) is 16.7 Å². The van der Waals surface area contributed by atoms with Gasteiger partial charge in [-0.25, -0.2) is 9.18 Å². The Kier molecular flexibility index (Phi) is 5.84. The number of hydrogen-bond donors (Lipinski definition) is 2. The first-order valence-corrected chi connectivity index (χ1v) is 9.93. The maximum atomic E-state index is 14.3. The third-order valence-electron chi connectivity index (χ3n) is 5.11. The van der Waals surface area contributed by atoms with E-state index in [0.717, 1.165) is 22.0 Å². The fourth-order valence-electron chi connectivity index (χ4n) is 3.55. The molecule has 0 spiro atoms. The molecular weight excluding hydrogens is 403 g/mol. The van der Waals surface area contributed by atoms with Gasteiger partial charge in [0, 0.05) is 40.8 Å². The summed E-state index contributed by atoms with van der Waals surface area (Å²) in [7, 11) is 0. The quantitative estimate of drug-likeness (QED) is 0.415. The Bertz CT molecular complexity index is 1180. The first-order valence-electron chi connectivity index (χ1n) is 9.55. The van der Waals surface area contributed by atoms with Crippen LogP contribution in [0.3, 0.4) is 0 Å². The van der Waals surface area contributed by atoms with Crippen LogP contribution in [-0.4, -0.2) is 15.6 Å². The highest BCUT2D eigenvalue weighted by atomic mass is 35.5. The van der Waals surface area contributed by atoms with E-state index in [-0.39, 0.29) is 11.4 Å². The van der Waals surface area contributed by atoms with Gasteiger partial charge < -0.3 is 15.0 Å². The van der Waals surface area contributed by atoms with E-state index >= 15 is 0 Å². The Morgan fingerprint density at radius 2 is 1.77 bits per heavy atom. The molecule has 0 atom stereocenters. The van der Waals surface area contributed by atoms with E-state index in [1.807, 2.05) is 35.0 Å². The molecule has 0 saturated heterocycles. The summed E-state index contributed by atoms with van der Waals surface area (Å²) in [4.78, 5) is 11.0. The summed E-state index contributed by atoms with van der Waals surface area (Å²) in [6.45, 7) is 1.58. The van der Waals surface area contributed by atoms with Crippen LogP contribution >= 0.6 is 11.6 Å². The Morgan fingerprint density at radius 3 is 2.50 bits per heavy atom. The van der Waals surface area contributed by atoms with Crippen molar-refractivity contribution >= 4 is 28.5 Å². The lowest BCUT2D eigenvalue weighted by molar-refractivity contribution is 0.0697. The van der Waals surface area contributed by atoms with Crippen molar-refractivity contribution in [3.63, 3.8) is 0 Å². The zero-order chi connectivity index (χ0) is 21.1. The fourth-order valence-corrected chi connectivity index (χ4v) is 3.78. The molecule has 4 aromatic rings. The van der Waals surface area contributed by atoms with Crippen LogP contribution in [0.2, 0.25) is 5.02 Å². The predicted molar refractivity (Wildman–Crippen MR) is 116 cm³/mol.